The summed E-state index contributed by atoms with van der Waals surface area (Å²) >= 11 is 12.0. The van der Waals surface area contributed by atoms with Crippen molar-refractivity contribution >= 4 is 77.4 Å². The molecule has 41 heavy (non-hydrogen) atoms. The minimum Gasteiger partial charge on any atom is -1.00 e. The molecule has 0 saturated heterocycles. The van der Waals surface area contributed by atoms with E-state index in [1.165, 1.54) is 6.07 Å². The number of amidine groups is 1. The van der Waals surface area contributed by atoms with Crippen molar-refractivity contribution in [3.05, 3.63) is 56.4 Å². The fourth-order valence-corrected chi connectivity index (χ4v) is 6.15. The fourth-order valence-electron chi connectivity index (χ4n) is 3.66. The summed E-state index contributed by atoms with van der Waals surface area (Å²) in [5, 5.41) is 12.0. The number of primary sulfonamides is 1. The molecule has 0 aliphatic carbocycles. The summed E-state index contributed by atoms with van der Waals surface area (Å²) in [6.07, 6.45) is -0.363. The van der Waals surface area contributed by atoms with Gasteiger partial charge in [-0.15, -0.1) is 4.40 Å². The number of carbonyl (C=O) groups excluding carboxylic acids is 1. The first-order chi connectivity index (χ1) is 18.4. The van der Waals surface area contributed by atoms with E-state index in [1.807, 2.05) is 0 Å². The maximum absolute atomic E-state index is 13.1. The number of aromatic nitrogens is 2. The largest absolute Gasteiger partial charge is 1.00 e. The number of likely N-dealkylation sites (N-methyl/N-ethyl adjacent to an activating group) is 1. The Morgan fingerprint density at radius 3 is 2.49 bits per heavy atom. The standard InChI is InChI=1S/C22H22Cl2N8O6S2.ClH/c1-32(2,3)10-20(33)30-29-16(8-17-22(34)28-14-6-11(23)4-5-13(14)26-17)21-27-15-7-12(24)18(39(25,35)36)9-19(15)40(37,38)31-21;/h4-7,9H,8,10H2,1-3H3,(H4-,25,27,28,30,31,33,34,35,36);1H. The molecule has 0 atom stereocenters. The van der Waals surface area contributed by atoms with Crippen LogP contribution in [-0.2, 0) is 31.3 Å². The number of H-pyrrole nitrogens is 1. The number of fused-ring (bicyclic) bond motifs is 2. The average Bonchev–Trinajstić information content (AvgIpc) is 2.79. The number of hydrazone groups is 1. The van der Waals surface area contributed by atoms with Gasteiger partial charge in [0.1, 0.15) is 21.2 Å². The highest BCUT2D eigenvalue weighted by molar-refractivity contribution is 7.91. The van der Waals surface area contributed by atoms with E-state index >= 15 is 0 Å². The van der Waals surface area contributed by atoms with Gasteiger partial charge in [0.05, 0.1) is 42.9 Å². The van der Waals surface area contributed by atoms with Crippen LogP contribution in [-0.4, -0.2) is 76.4 Å². The van der Waals surface area contributed by atoms with Crippen molar-refractivity contribution in [1.29, 1.82) is 0 Å². The van der Waals surface area contributed by atoms with Crippen LogP contribution in [0.1, 0.15) is 5.69 Å². The van der Waals surface area contributed by atoms with E-state index in [0.717, 1.165) is 12.1 Å². The molecule has 0 fully saturated rings. The smallest absolute Gasteiger partial charge is 0.295 e. The van der Waals surface area contributed by atoms with Crippen LogP contribution in [0.3, 0.4) is 0 Å². The molecular weight excluding hydrogens is 643 g/mol. The van der Waals surface area contributed by atoms with Gasteiger partial charge < -0.3 is 27.2 Å². The van der Waals surface area contributed by atoms with Crippen LogP contribution in [0.15, 0.2) is 54.4 Å². The molecule has 1 amide bonds. The quantitative estimate of drug-likeness (QED) is 0.124. The monoisotopic (exact) mass is 664 g/mol. The topological polar surface area (TPSA) is 206 Å². The first-order valence-electron chi connectivity index (χ1n) is 11.3. The van der Waals surface area contributed by atoms with Gasteiger partial charge in [0, 0.05) is 11.4 Å². The van der Waals surface area contributed by atoms with Gasteiger partial charge >= 0.3 is 0 Å². The van der Waals surface area contributed by atoms with E-state index < -0.39 is 41.3 Å². The lowest BCUT2D eigenvalue weighted by atomic mass is 10.1. The molecule has 1 aromatic heterocycles. The molecule has 4 rings (SSSR count). The van der Waals surface area contributed by atoms with Crippen LogP contribution < -0.4 is 33.8 Å². The number of halogens is 3. The van der Waals surface area contributed by atoms with Gasteiger partial charge in [-0.2, -0.15) is 13.5 Å². The number of hydrogen-bond acceptors (Lipinski definition) is 9. The summed E-state index contributed by atoms with van der Waals surface area (Å²) in [6.45, 7) is 0.0271. The Bertz CT molecular complexity index is 1900. The zero-order chi connectivity index (χ0) is 29.6. The van der Waals surface area contributed by atoms with Gasteiger partial charge in [0.15, 0.2) is 12.4 Å². The zero-order valence-corrected chi connectivity index (χ0v) is 25.5. The molecular formula is C22H23Cl3N8O6S2. The van der Waals surface area contributed by atoms with Gasteiger partial charge in [-0.05, 0) is 30.3 Å². The summed E-state index contributed by atoms with van der Waals surface area (Å²) in [7, 11) is -3.51. The molecule has 5 N–H and O–H groups in total. The Morgan fingerprint density at radius 1 is 1.17 bits per heavy atom. The summed E-state index contributed by atoms with van der Waals surface area (Å²) < 4.78 is 53.9. The highest BCUT2D eigenvalue weighted by Crippen LogP contribution is 2.34. The lowest BCUT2D eigenvalue weighted by molar-refractivity contribution is -0.862. The number of nitrogens with two attached hydrogens (primary N) is 1. The first-order valence-corrected chi connectivity index (χ1v) is 15.0. The molecule has 2 aromatic carbocycles. The molecule has 19 heteroatoms. The summed E-state index contributed by atoms with van der Waals surface area (Å²) in [6, 6.07) is 6.52. The minimum absolute atomic E-state index is 0. The van der Waals surface area contributed by atoms with E-state index in [1.54, 1.807) is 33.3 Å². The van der Waals surface area contributed by atoms with Gasteiger partial charge in [0.25, 0.3) is 21.5 Å². The van der Waals surface area contributed by atoms with E-state index in [0.29, 0.717) is 16.1 Å². The molecule has 0 saturated carbocycles. The van der Waals surface area contributed by atoms with Crippen LogP contribution in [0.5, 0.6) is 0 Å². The van der Waals surface area contributed by atoms with E-state index in [2.05, 4.69) is 30.2 Å². The number of amides is 1. The van der Waals surface area contributed by atoms with Crippen molar-refractivity contribution in [1.82, 2.24) is 15.4 Å². The number of anilines is 1. The minimum atomic E-state index is -4.52. The van der Waals surface area contributed by atoms with Crippen LogP contribution in [0.4, 0.5) is 5.69 Å². The molecule has 220 valence electrons. The molecule has 1 aliphatic heterocycles. The first kappa shape index (κ1) is 32.4. The number of nitrogens with one attached hydrogen (secondary N) is 3. The Hall–Kier alpha value is -3.12. The van der Waals surface area contributed by atoms with Gasteiger partial charge in [-0.1, -0.05) is 23.2 Å². The lowest BCUT2D eigenvalue weighted by Crippen LogP contribution is -3.00. The number of quaternary nitrogens is 1. The van der Waals surface area contributed by atoms with E-state index in [4.69, 9.17) is 28.3 Å². The van der Waals surface area contributed by atoms with Crippen molar-refractivity contribution in [2.24, 2.45) is 14.6 Å². The second-order valence-corrected chi connectivity index (χ2v) is 13.7. The second-order valence-electron chi connectivity index (χ2n) is 9.76. The SMILES string of the molecule is C[N+](C)(C)CC(=O)N/N=C(/Cc1nc2ccc(Cl)cc2[nH]c1=O)C1=NS(=O)(=O)c2cc(S(N)(=O)=O)c(Cl)cc2N1.[Cl-]. The van der Waals surface area contributed by atoms with Crippen molar-refractivity contribution in [2.75, 3.05) is 33.0 Å². The van der Waals surface area contributed by atoms with Crippen molar-refractivity contribution in [3.63, 3.8) is 0 Å². The third-order valence-electron chi connectivity index (χ3n) is 5.35. The highest BCUT2D eigenvalue weighted by atomic mass is 35.5. The van der Waals surface area contributed by atoms with Gasteiger partial charge in [0.2, 0.25) is 10.0 Å². The Balaban J connectivity index is 0.00000462. The van der Waals surface area contributed by atoms with Crippen molar-refractivity contribution < 1.29 is 38.5 Å². The summed E-state index contributed by atoms with van der Waals surface area (Å²) in [4.78, 5) is 31.2. The maximum atomic E-state index is 13.1. The zero-order valence-electron chi connectivity index (χ0n) is 21.6. The highest BCUT2D eigenvalue weighted by Gasteiger charge is 2.31. The molecule has 0 bridgehead atoms. The van der Waals surface area contributed by atoms with E-state index in [9.17, 15) is 26.4 Å². The Kier molecular flexibility index (Phi) is 9.19. The Morgan fingerprint density at radius 2 is 1.85 bits per heavy atom. The summed E-state index contributed by atoms with van der Waals surface area (Å²) in [5.74, 6) is -0.851. The second kappa shape index (κ2) is 11.6. The van der Waals surface area contributed by atoms with Crippen LogP contribution in [0.25, 0.3) is 11.0 Å². The lowest BCUT2D eigenvalue weighted by Gasteiger charge is -2.22. The van der Waals surface area contributed by atoms with Gasteiger partial charge in [-0.25, -0.2) is 24.0 Å². The predicted molar refractivity (Wildman–Crippen MR) is 151 cm³/mol. The third kappa shape index (κ3) is 7.59. The Labute approximate surface area is 250 Å². The maximum Gasteiger partial charge on any atom is 0.295 e. The van der Waals surface area contributed by atoms with Crippen molar-refractivity contribution in [2.45, 2.75) is 16.2 Å². The molecule has 0 radical (unpaired) electrons. The summed E-state index contributed by atoms with van der Waals surface area (Å²) in [5.41, 5.74) is 2.16. The number of sulfonamides is 2. The number of aromatic amines is 1. The molecule has 14 nitrogen and oxygen atoms in total. The van der Waals surface area contributed by atoms with Crippen molar-refractivity contribution in [3.8, 4) is 0 Å². The fraction of sp³-hybridized carbons (Fsp3) is 0.227. The normalized spacial score (nSPS) is 14.9. The molecule has 0 spiro atoms. The number of rotatable bonds is 7. The van der Waals surface area contributed by atoms with E-state index in [-0.39, 0.29) is 57.8 Å². The third-order valence-corrected chi connectivity index (χ3v) is 8.28. The van der Waals surface area contributed by atoms with Crippen LogP contribution >= 0.6 is 23.2 Å². The van der Waals surface area contributed by atoms with Crippen LogP contribution in [0, 0.1) is 0 Å². The molecule has 3 aromatic rings. The number of hydrogen-bond donors (Lipinski definition) is 4. The van der Waals surface area contributed by atoms with Crippen LogP contribution in [0.2, 0.25) is 10.0 Å². The molecule has 1 aliphatic rings. The number of carbonyl (C=O) groups is 1. The predicted octanol–water partition coefficient (Wildman–Crippen LogP) is -2.18. The van der Waals surface area contributed by atoms with Gasteiger partial charge in [-0.3, -0.25) is 9.59 Å². The number of benzene rings is 2. The number of nitrogens with zero attached hydrogens (tertiary/aromatic N) is 4. The molecule has 2 heterocycles. The average molecular weight is 666 g/mol. The molecule has 0 unspecified atom stereocenters.